The Balaban J connectivity index is 1.14. The number of fused-ring (bicyclic) bond motifs is 7. The molecule has 0 N–H and O–H groups in total. The van der Waals surface area contributed by atoms with E-state index in [0.29, 0.717) is 5.56 Å². The van der Waals surface area contributed by atoms with E-state index in [4.69, 9.17) is 1.37 Å². The molecule has 3 nitrogen and oxygen atoms in total. The molecule has 1 heterocycles. The average Bonchev–Trinajstić information content (AvgIpc) is 2.73. The van der Waals surface area contributed by atoms with Crippen LogP contribution < -0.4 is 9.80 Å². The van der Waals surface area contributed by atoms with Crippen molar-refractivity contribution in [2.75, 3.05) is 9.80 Å². The molecule has 14 rings (SSSR count). The molecular weight excluding hydrogens is 895 g/mol. The standard InChI is InChI=1S/C71H49N3/c1-6-21-50(22-7-1)51-37-40-58(41-38-51)73(56-29-12-4-13-30-56)60-43-46-68-65(49-60)64-48-59(72(54-25-8-2-9-26-54)55-27-10-3-11-28-55)42-45-67(64)71(68,66-35-20-24-52-23-16-17-33-61(52)66)53-39-44-63-62-34-18-19-36-69(62)74(70(63)47-53)57-31-14-5-15-32-57/h1-49H/i16D,17D,20D,23D,24D,33D,35D. The van der Waals surface area contributed by atoms with Gasteiger partial charge in [-0.25, -0.2) is 0 Å². The molecule has 0 bridgehead atoms. The third kappa shape index (κ3) is 6.97. The summed E-state index contributed by atoms with van der Waals surface area (Å²) < 4.78 is 69.1. The zero-order chi connectivity index (χ0) is 55.1. The summed E-state index contributed by atoms with van der Waals surface area (Å²) in [6, 6.07) is 84.4. The summed E-state index contributed by atoms with van der Waals surface area (Å²) >= 11 is 0. The fourth-order valence-electron chi connectivity index (χ4n) is 11.5. The molecule has 0 saturated carbocycles. The van der Waals surface area contributed by atoms with Crippen molar-refractivity contribution in [3.8, 4) is 27.9 Å². The monoisotopic (exact) mass is 950 g/mol. The predicted octanol–water partition coefficient (Wildman–Crippen LogP) is 18.9. The third-order valence-electron chi connectivity index (χ3n) is 14.7. The normalized spacial score (nSPS) is 15.1. The van der Waals surface area contributed by atoms with Crippen LogP contribution in [0, 0.1) is 0 Å². The van der Waals surface area contributed by atoms with Crippen molar-refractivity contribution in [2.45, 2.75) is 5.41 Å². The van der Waals surface area contributed by atoms with E-state index < -0.39 is 35.6 Å². The van der Waals surface area contributed by atoms with Crippen LogP contribution in [-0.2, 0) is 5.41 Å². The smallest absolute Gasteiger partial charge is 0.0720 e. The molecule has 1 aliphatic rings. The molecule has 0 amide bonds. The lowest BCUT2D eigenvalue weighted by molar-refractivity contribution is 0.777. The fraction of sp³-hybridized carbons (Fsp3) is 0.0141. The number of hydrogen-bond acceptors (Lipinski definition) is 2. The Labute approximate surface area is 441 Å². The van der Waals surface area contributed by atoms with Gasteiger partial charge in [-0.15, -0.1) is 0 Å². The van der Waals surface area contributed by atoms with Gasteiger partial charge in [-0.3, -0.25) is 0 Å². The summed E-state index contributed by atoms with van der Waals surface area (Å²) in [5.74, 6) is 0. The fourth-order valence-corrected chi connectivity index (χ4v) is 11.5. The van der Waals surface area contributed by atoms with Crippen LogP contribution in [0.2, 0.25) is 0 Å². The molecule has 12 aromatic carbocycles. The zero-order valence-electron chi connectivity index (χ0n) is 47.1. The summed E-state index contributed by atoms with van der Waals surface area (Å²) in [5.41, 5.74) is 13.0. The zero-order valence-corrected chi connectivity index (χ0v) is 40.1. The highest BCUT2D eigenvalue weighted by molar-refractivity contribution is 6.10. The molecule has 3 heteroatoms. The second kappa shape index (κ2) is 17.9. The Morgan fingerprint density at radius 2 is 0.797 bits per heavy atom. The quantitative estimate of drug-likeness (QED) is 0.135. The number of nitrogens with zero attached hydrogens (tertiary/aromatic N) is 3. The summed E-state index contributed by atoms with van der Waals surface area (Å²) in [5, 5.41) is 1.97. The highest BCUT2D eigenvalue weighted by atomic mass is 15.1. The van der Waals surface area contributed by atoms with Gasteiger partial charge in [0.1, 0.15) is 0 Å². The summed E-state index contributed by atoms with van der Waals surface area (Å²) in [6.45, 7) is 0. The van der Waals surface area contributed by atoms with Gasteiger partial charge in [-0.2, -0.15) is 0 Å². The van der Waals surface area contributed by atoms with Crippen molar-refractivity contribution in [1.82, 2.24) is 4.57 Å². The van der Waals surface area contributed by atoms with Crippen LogP contribution in [0.15, 0.2) is 297 Å². The summed E-state index contributed by atoms with van der Waals surface area (Å²) in [6.07, 6.45) is 0. The summed E-state index contributed by atoms with van der Waals surface area (Å²) in [7, 11) is 0. The van der Waals surface area contributed by atoms with Crippen LogP contribution in [0.3, 0.4) is 0 Å². The van der Waals surface area contributed by atoms with E-state index in [9.17, 15) is 8.22 Å². The molecule has 1 aromatic heterocycles. The van der Waals surface area contributed by atoms with E-state index in [0.717, 1.165) is 95.0 Å². The van der Waals surface area contributed by atoms with Crippen LogP contribution in [0.25, 0.3) is 60.5 Å². The van der Waals surface area contributed by atoms with E-state index in [1.807, 2.05) is 103 Å². The lowest BCUT2D eigenvalue weighted by Crippen LogP contribution is -2.29. The molecule has 348 valence electrons. The Morgan fingerprint density at radius 3 is 1.41 bits per heavy atom. The topological polar surface area (TPSA) is 11.4 Å². The van der Waals surface area contributed by atoms with Crippen LogP contribution in [0.5, 0.6) is 0 Å². The van der Waals surface area contributed by atoms with Gasteiger partial charge in [0.25, 0.3) is 0 Å². The molecule has 0 radical (unpaired) electrons. The van der Waals surface area contributed by atoms with Gasteiger partial charge in [0.15, 0.2) is 0 Å². The summed E-state index contributed by atoms with van der Waals surface area (Å²) in [4.78, 5) is 4.46. The predicted molar refractivity (Wildman–Crippen MR) is 310 cm³/mol. The second-order valence-electron chi connectivity index (χ2n) is 18.7. The largest absolute Gasteiger partial charge is 0.310 e. The minimum absolute atomic E-state index is 0.0299. The first-order chi connectivity index (χ1) is 39.6. The van der Waals surface area contributed by atoms with Crippen molar-refractivity contribution in [3.63, 3.8) is 0 Å². The highest BCUT2D eigenvalue weighted by Gasteiger charge is 2.48. The van der Waals surface area contributed by atoms with Gasteiger partial charge in [0, 0.05) is 50.6 Å². The van der Waals surface area contributed by atoms with Crippen LogP contribution in [0.4, 0.5) is 34.1 Å². The SMILES string of the molecule is [2H]c1c([2H])c([2H])c2c(C3(c4ccc5c6ccccc6n(-c6ccccc6)c5c4)c4ccc(N(c5ccccc5)c5ccccc5)cc4-c4cc(N(c5ccccc5)c5ccc(-c6ccccc6)cc5)ccc43)c([2H])c([2H])c([2H])c2c1[2H]. The van der Waals surface area contributed by atoms with E-state index in [2.05, 4.69) is 166 Å². The minimum atomic E-state index is -1.54. The first kappa shape index (κ1) is 36.3. The van der Waals surface area contributed by atoms with Gasteiger partial charge < -0.3 is 14.4 Å². The van der Waals surface area contributed by atoms with E-state index in [1.54, 1.807) is 0 Å². The number of aromatic nitrogens is 1. The molecule has 13 aromatic rings. The van der Waals surface area contributed by atoms with Crippen molar-refractivity contribution < 1.29 is 9.60 Å². The molecule has 1 unspecified atom stereocenters. The number of benzene rings is 12. The molecule has 0 spiro atoms. The Bertz CT molecular complexity index is 4550. The number of para-hydroxylation sites is 5. The molecular formula is C71H49N3. The van der Waals surface area contributed by atoms with Crippen LogP contribution in [0.1, 0.15) is 31.8 Å². The van der Waals surface area contributed by atoms with Crippen molar-refractivity contribution in [3.05, 3.63) is 319 Å². The molecule has 0 fully saturated rings. The van der Waals surface area contributed by atoms with Crippen LogP contribution >= 0.6 is 0 Å². The average molecular weight is 951 g/mol. The van der Waals surface area contributed by atoms with Crippen molar-refractivity contribution >= 4 is 66.7 Å². The highest BCUT2D eigenvalue weighted by Crippen LogP contribution is 2.60. The Morgan fingerprint density at radius 1 is 0.324 bits per heavy atom. The maximum atomic E-state index is 10.3. The maximum absolute atomic E-state index is 10.3. The molecule has 1 aliphatic carbocycles. The number of rotatable bonds is 10. The molecule has 0 saturated heterocycles. The first-order valence-electron chi connectivity index (χ1n) is 28.4. The van der Waals surface area contributed by atoms with Gasteiger partial charge in [-0.05, 0) is 152 Å². The maximum Gasteiger partial charge on any atom is 0.0720 e. The lowest BCUT2D eigenvalue weighted by Gasteiger charge is -2.35. The van der Waals surface area contributed by atoms with Crippen molar-refractivity contribution in [1.29, 1.82) is 0 Å². The minimum Gasteiger partial charge on any atom is -0.310 e. The Kier molecular flexibility index (Phi) is 8.75. The third-order valence-corrected chi connectivity index (χ3v) is 14.7. The number of anilines is 6. The second-order valence-corrected chi connectivity index (χ2v) is 18.7. The van der Waals surface area contributed by atoms with Crippen molar-refractivity contribution in [2.24, 2.45) is 0 Å². The molecule has 0 aliphatic heterocycles. The molecule has 1 atom stereocenters. The Hall–Kier alpha value is -9.70. The van der Waals surface area contributed by atoms with E-state index >= 15 is 0 Å². The van der Waals surface area contributed by atoms with E-state index in [-0.39, 0.29) is 28.4 Å². The lowest BCUT2D eigenvalue weighted by atomic mass is 9.66. The van der Waals surface area contributed by atoms with Gasteiger partial charge in [-0.1, -0.05) is 200 Å². The van der Waals surface area contributed by atoms with Gasteiger partial charge in [0.2, 0.25) is 0 Å². The number of hydrogen-bond donors (Lipinski definition) is 0. The van der Waals surface area contributed by atoms with Crippen LogP contribution in [-0.4, -0.2) is 4.57 Å². The van der Waals surface area contributed by atoms with Gasteiger partial charge in [0.05, 0.1) is 26.0 Å². The van der Waals surface area contributed by atoms with Gasteiger partial charge >= 0.3 is 0 Å². The first-order valence-corrected chi connectivity index (χ1v) is 24.9. The molecule has 74 heavy (non-hydrogen) atoms. The van der Waals surface area contributed by atoms with E-state index in [1.165, 1.54) is 0 Å².